The molecule has 0 spiro atoms. The number of aliphatic hydroxyl groups excluding tert-OH is 2. The number of hydrogen-bond acceptors (Lipinski definition) is 6. The second-order valence-corrected chi connectivity index (χ2v) is 10.0. The Balaban J connectivity index is 1.73. The first-order valence-electron chi connectivity index (χ1n) is 12.3. The van der Waals surface area contributed by atoms with Crippen LogP contribution >= 0.6 is 11.6 Å². The first-order valence-corrected chi connectivity index (χ1v) is 12.7. The summed E-state index contributed by atoms with van der Waals surface area (Å²) >= 11 is 5.90. The zero-order valence-corrected chi connectivity index (χ0v) is 22.1. The van der Waals surface area contributed by atoms with Gasteiger partial charge in [0.1, 0.15) is 17.1 Å². The molecule has 43 heavy (non-hydrogen) atoms. The molecule has 2 aromatic carbocycles. The van der Waals surface area contributed by atoms with Crippen molar-refractivity contribution in [3.8, 4) is 5.69 Å². The summed E-state index contributed by atoms with van der Waals surface area (Å²) in [5.41, 5.74) is -4.79. The van der Waals surface area contributed by atoms with E-state index < -0.39 is 92.7 Å². The number of pyridine rings is 2. The van der Waals surface area contributed by atoms with Crippen molar-refractivity contribution in [3.05, 3.63) is 98.3 Å². The fourth-order valence-electron chi connectivity index (χ4n) is 4.73. The van der Waals surface area contributed by atoms with E-state index in [-0.39, 0.29) is 30.2 Å². The number of carbonyl (C=O) groups excluding carboxylic acids is 1. The SMILES string of the molecule is O=C(NC(c1ccccc1Cl)C(F)(F)F)c1cn(-c2c(F)cc(F)cc2F)c2nc(N3C[C@@H](O)[C@H](O)C3)c(F)cc2c1=O. The van der Waals surface area contributed by atoms with Gasteiger partial charge in [-0.15, -0.1) is 0 Å². The molecule has 1 saturated heterocycles. The van der Waals surface area contributed by atoms with E-state index in [4.69, 9.17) is 11.6 Å². The van der Waals surface area contributed by atoms with E-state index in [1.807, 2.05) is 0 Å². The number of β-amino-alcohol motifs (C(OH)–C–C–N with tert-alkyl or cyclic N) is 2. The van der Waals surface area contributed by atoms with Gasteiger partial charge in [-0.1, -0.05) is 29.8 Å². The summed E-state index contributed by atoms with van der Waals surface area (Å²) in [7, 11) is 0. The van der Waals surface area contributed by atoms with E-state index >= 15 is 4.39 Å². The summed E-state index contributed by atoms with van der Waals surface area (Å²) in [6, 6.07) is 3.01. The van der Waals surface area contributed by atoms with Crippen LogP contribution in [0.15, 0.2) is 53.5 Å². The average Bonchev–Trinajstić information content (AvgIpc) is 3.25. The summed E-state index contributed by atoms with van der Waals surface area (Å²) in [5, 5.41) is 20.2. The van der Waals surface area contributed by atoms with Gasteiger partial charge in [0.15, 0.2) is 35.0 Å². The molecule has 0 aliphatic carbocycles. The van der Waals surface area contributed by atoms with Crippen molar-refractivity contribution in [2.45, 2.75) is 24.4 Å². The molecular formula is C27H18ClF7N4O4. The molecule has 0 saturated carbocycles. The van der Waals surface area contributed by atoms with E-state index in [2.05, 4.69) is 4.98 Å². The van der Waals surface area contributed by atoms with Crippen LogP contribution in [0, 0.1) is 23.3 Å². The fraction of sp³-hybridized carbons (Fsp3) is 0.222. The number of aliphatic hydroxyl groups is 2. The molecule has 4 aromatic rings. The molecule has 3 atom stereocenters. The second kappa shape index (κ2) is 11.1. The van der Waals surface area contributed by atoms with Gasteiger partial charge in [0.05, 0.1) is 17.6 Å². The lowest BCUT2D eigenvalue weighted by atomic mass is 10.1. The molecule has 1 unspecified atom stereocenters. The Bertz CT molecular complexity index is 1780. The van der Waals surface area contributed by atoms with E-state index in [9.17, 15) is 46.1 Å². The Kier molecular flexibility index (Phi) is 7.83. The molecule has 226 valence electrons. The molecule has 3 heterocycles. The summed E-state index contributed by atoms with van der Waals surface area (Å²) < 4.78 is 101. The Morgan fingerprint density at radius 2 is 1.60 bits per heavy atom. The standard InChI is InChI=1S/C27H18ClF7N4O4/c28-15-4-2-1-3-12(15)23(27(33,34)35)36-26(43)14-8-39(21-16(30)5-11(29)6-17(21)31)24-13(22(14)42)7-18(32)25(37-24)38-9-19(40)20(41)10-38/h1-8,19-20,23,40-41H,9-10H2,(H,36,43)/t19-,20-,23?/m1/s1. The van der Waals surface area contributed by atoms with E-state index in [0.717, 1.165) is 17.0 Å². The van der Waals surface area contributed by atoms with Crippen molar-refractivity contribution in [2.24, 2.45) is 0 Å². The van der Waals surface area contributed by atoms with Gasteiger partial charge < -0.3 is 20.4 Å². The Hall–Kier alpha value is -4.21. The number of halogens is 8. The monoisotopic (exact) mass is 630 g/mol. The zero-order chi connectivity index (χ0) is 31.4. The lowest BCUT2D eigenvalue weighted by Gasteiger charge is -2.23. The van der Waals surface area contributed by atoms with Gasteiger partial charge in [0.2, 0.25) is 5.43 Å². The number of carbonyl (C=O) groups is 1. The number of aromatic nitrogens is 2. The second-order valence-electron chi connectivity index (χ2n) is 9.63. The Morgan fingerprint density at radius 3 is 2.19 bits per heavy atom. The van der Waals surface area contributed by atoms with Gasteiger partial charge in [-0.3, -0.25) is 14.2 Å². The number of alkyl halides is 3. The van der Waals surface area contributed by atoms with Crippen LogP contribution in [0.4, 0.5) is 36.6 Å². The molecule has 5 rings (SSSR count). The molecule has 2 aromatic heterocycles. The topological polar surface area (TPSA) is 108 Å². The van der Waals surface area contributed by atoms with Crippen molar-refractivity contribution in [1.82, 2.24) is 14.9 Å². The number of anilines is 1. The van der Waals surface area contributed by atoms with Crippen LogP contribution in [-0.4, -0.2) is 57.1 Å². The van der Waals surface area contributed by atoms with Crippen LogP contribution in [0.5, 0.6) is 0 Å². The molecule has 1 aliphatic rings. The number of nitrogens with zero attached hydrogens (tertiary/aromatic N) is 3. The van der Waals surface area contributed by atoms with Crippen molar-refractivity contribution in [3.63, 3.8) is 0 Å². The fourth-order valence-corrected chi connectivity index (χ4v) is 4.97. The van der Waals surface area contributed by atoms with Crippen LogP contribution < -0.4 is 15.6 Å². The first-order chi connectivity index (χ1) is 20.2. The predicted octanol–water partition coefficient (Wildman–Crippen LogP) is 4.17. The van der Waals surface area contributed by atoms with Crippen LogP contribution in [0.3, 0.4) is 0 Å². The quantitative estimate of drug-likeness (QED) is 0.286. The predicted molar refractivity (Wildman–Crippen MR) is 139 cm³/mol. The van der Waals surface area contributed by atoms with Gasteiger partial charge in [-0.25, -0.2) is 22.5 Å². The highest BCUT2D eigenvalue weighted by molar-refractivity contribution is 6.31. The van der Waals surface area contributed by atoms with E-state index in [1.165, 1.54) is 12.1 Å². The minimum Gasteiger partial charge on any atom is -0.389 e. The highest BCUT2D eigenvalue weighted by Crippen LogP contribution is 2.36. The van der Waals surface area contributed by atoms with E-state index in [0.29, 0.717) is 16.8 Å². The minimum atomic E-state index is -5.13. The molecule has 1 aliphatic heterocycles. The smallest absolute Gasteiger partial charge is 0.389 e. The summed E-state index contributed by atoms with van der Waals surface area (Å²) in [6.45, 7) is -0.636. The van der Waals surface area contributed by atoms with Crippen LogP contribution in [0.25, 0.3) is 16.7 Å². The third kappa shape index (κ3) is 5.62. The van der Waals surface area contributed by atoms with Crippen molar-refractivity contribution in [1.29, 1.82) is 0 Å². The highest BCUT2D eigenvalue weighted by Gasteiger charge is 2.43. The normalized spacial score (nSPS) is 17.9. The Morgan fingerprint density at radius 1 is 1.00 bits per heavy atom. The van der Waals surface area contributed by atoms with Crippen molar-refractivity contribution in [2.75, 3.05) is 18.0 Å². The van der Waals surface area contributed by atoms with Crippen LogP contribution in [-0.2, 0) is 0 Å². The summed E-state index contributed by atoms with van der Waals surface area (Å²) in [6.07, 6.45) is -7.25. The number of hydrogen-bond donors (Lipinski definition) is 3. The summed E-state index contributed by atoms with van der Waals surface area (Å²) in [5.74, 6) is -7.90. The van der Waals surface area contributed by atoms with Gasteiger partial charge in [-0.2, -0.15) is 13.2 Å². The maximum Gasteiger partial charge on any atom is 0.412 e. The Labute approximate surface area is 241 Å². The number of benzene rings is 2. The molecule has 8 nitrogen and oxygen atoms in total. The maximum atomic E-state index is 15.2. The molecule has 0 bridgehead atoms. The number of amides is 1. The lowest BCUT2D eigenvalue weighted by Crippen LogP contribution is -2.40. The van der Waals surface area contributed by atoms with Gasteiger partial charge >= 0.3 is 6.18 Å². The zero-order valence-electron chi connectivity index (χ0n) is 21.3. The van der Waals surface area contributed by atoms with Crippen molar-refractivity contribution >= 4 is 34.4 Å². The number of nitrogens with one attached hydrogen (secondary N) is 1. The highest BCUT2D eigenvalue weighted by atomic mass is 35.5. The van der Waals surface area contributed by atoms with Gasteiger partial charge in [0, 0.05) is 42.0 Å². The molecule has 1 fully saturated rings. The van der Waals surface area contributed by atoms with Crippen LogP contribution in [0.2, 0.25) is 5.02 Å². The number of fused-ring (bicyclic) bond motifs is 1. The first kappa shape index (κ1) is 30.3. The molecule has 16 heteroatoms. The minimum absolute atomic E-state index is 0.261. The molecular weight excluding hydrogens is 613 g/mol. The lowest BCUT2D eigenvalue weighted by molar-refractivity contribution is -0.155. The number of rotatable bonds is 5. The summed E-state index contributed by atoms with van der Waals surface area (Å²) in [4.78, 5) is 31.6. The van der Waals surface area contributed by atoms with E-state index in [1.54, 1.807) is 5.32 Å². The largest absolute Gasteiger partial charge is 0.412 e. The maximum absolute atomic E-state index is 15.2. The third-order valence-corrected chi connectivity index (χ3v) is 7.10. The molecule has 1 amide bonds. The average molecular weight is 631 g/mol. The van der Waals surface area contributed by atoms with Crippen molar-refractivity contribution < 1.29 is 45.7 Å². The van der Waals surface area contributed by atoms with Crippen LogP contribution in [0.1, 0.15) is 22.0 Å². The third-order valence-electron chi connectivity index (χ3n) is 6.76. The molecule has 0 radical (unpaired) electrons. The van der Waals surface area contributed by atoms with Gasteiger partial charge in [-0.05, 0) is 12.1 Å². The molecule has 3 N–H and O–H groups in total. The van der Waals surface area contributed by atoms with Gasteiger partial charge in [0.25, 0.3) is 5.91 Å².